The molecule has 0 aromatic heterocycles. The van der Waals surface area contributed by atoms with Gasteiger partial charge in [0.15, 0.2) is 31.5 Å². The molecule has 0 spiro atoms. The first-order chi connectivity index (χ1) is 29.3. The van der Waals surface area contributed by atoms with Crippen molar-refractivity contribution in [3.63, 3.8) is 0 Å². The standard InChI is InChI=1S/C34H58N2O26/c1-8(41)35-15-20(46)27(12(5-39)55-30(15)53)60-31-16(36-9(2)42)21(47)28(13(6-40)58-31)61-34-26(52)29(62-33-25(51)23(49)18(44)11(4-38)57-33)19(45)14(59-34)7-54-32-24(50)22(48)17(43)10(3-37)56-32/h10-34,37-40,43-53H,3-7H2,1-2H3,(H,35,41)(H,36,42)/t10-,11-,12-,13-,14-,15-,16-,17-,18-,19-,20-,21-,22+,23+,24+,25+,26+,27-,28-,29+,30+,31-,32+,33-,34-/m1/s1. The molecule has 5 saturated heterocycles. The lowest BCUT2D eigenvalue weighted by Gasteiger charge is -2.50. The van der Waals surface area contributed by atoms with Crippen molar-refractivity contribution in [2.24, 2.45) is 0 Å². The zero-order chi connectivity index (χ0) is 45.9. The van der Waals surface area contributed by atoms with Crippen LogP contribution in [0.4, 0.5) is 0 Å². The Morgan fingerprint density at radius 2 is 0.823 bits per heavy atom. The van der Waals surface area contributed by atoms with Gasteiger partial charge in [0.05, 0.1) is 33.0 Å². The zero-order valence-corrected chi connectivity index (χ0v) is 33.2. The lowest BCUT2D eigenvalue weighted by Crippen LogP contribution is -2.70. The number of aliphatic hydroxyl groups excluding tert-OH is 15. The van der Waals surface area contributed by atoms with Crippen molar-refractivity contribution in [1.82, 2.24) is 10.6 Å². The summed E-state index contributed by atoms with van der Waals surface area (Å²) in [5, 5.41) is 163. The van der Waals surface area contributed by atoms with Crippen LogP contribution in [0.15, 0.2) is 0 Å². The molecule has 5 fully saturated rings. The van der Waals surface area contributed by atoms with Gasteiger partial charge in [0.25, 0.3) is 0 Å². The van der Waals surface area contributed by atoms with E-state index in [1.54, 1.807) is 0 Å². The van der Waals surface area contributed by atoms with Crippen molar-refractivity contribution >= 4 is 11.8 Å². The number of aliphatic hydroxyl groups is 15. The minimum Gasteiger partial charge on any atom is -0.394 e. The molecule has 0 aromatic rings. The third kappa shape index (κ3) is 11.0. The fourth-order valence-corrected chi connectivity index (χ4v) is 7.73. The maximum Gasteiger partial charge on any atom is 0.217 e. The molecule has 5 aliphatic heterocycles. The highest BCUT2D eigenvalue weighted by Gasteiger charge is 2.56. The minimum atomic E-state index is -2.18. The van der Waals surface area contributed by atoms with Gasteiger partial charge >= 0.3 is 0 Å². The summed E-state index contributed by atoms with van der Waals surface area (Å²) in [7, 11) is 0. The Morgan fingerprint density at radius 3 is 1.35 bits per heavy atom. The van der Waals surface area contributed by atoms with Gasteiger partial charge < -0.3 is 130 Å². The molecule has 5 heterocycles. The lowest BCUT2D eigenvalue weighted by molar-refractivity contribution is -0.384. The van der Waals surface area contributed by atoms with Crippen LogP contribution in [-0.2, 0) is 52.2 Å². The van der Waals surface area contributed by atoms with Crippen LogP contribution in [-0.4, -0.2) is 275 Å². The molecule has 62 heavy (non-hydrogen) atoms. The Kier molecular flexibility index (Phi) is 18.1. The molecule has 360 valence electrons. The van der Waals surface area contributed by atoms with E-state index in [0.29, 0.717) is 0 Å². The van der Waals surface area contributed by atoms with Crippen LogP contribution in [0.2, 0.25) is 0 Å². The largest absolute Gasteiger partial charge is 0.394 e. The summed E-state index contributed by atoms with van der Waals surface area (Å²) < 4.78 is 50.8. The topological polar surface area (TPSA) is 445 Å². The molecule has 28 nitrogen and oxygen atoms in total. The predicted octanol–water partition coefficient (Wildman–Crippen LogP) is -11.6. The molecule has 0 unspecified atom stereocenters. The average molecular weight is 911 g/mol. The smallest absolute Gasteiger partial charge is 0.217 e. The third-order valence-corrected chi connectivity index (χ3v) is 11.1. The highest BCUT2D eigenvalue weighted by atomic mass is 16.8. The highest BCUT2D eigenvalue weighted by molar-refractivity contribution is 5.73. The van der Waals surface area contributed by atoms with Gasteiger partial charge in [-0.2, -0.15) is 0 Å². The third-order valence-electron chi connectivity index (χ3n) is 11.1. The van der Waals surface area contributed by atoms with Crippen molar-refractivity contribution in [2.45, 2.75) is 167 Å². The van der Waals surface area contributed by atoms with E-state index in [0.717, 1.165) is 13.8 Å². The van der Waals surface area contributed by atoms with Gasteiger partial charge in [0, 0.05) is 13.8 Å². The molecule has 0 bridgehead atoms. The average Bonchev–Trinajstić information content (AvgIpc) is 3.23. The SMILES string of the molecule is CC(=O)N[C@@H]1[C@@H](O)[C@H](O[C@H]2O[C@H](CO)[C@@H](O[C@H]3O[C@H](CO[C@H]4O[C@H](CO)[C@@H](O)[C@H](O)[C@@H]4O)[C@@H](O)[C@H](O[C@H]4O[C@H](CO)[C@@H](O)[C@H](O)[C@@H]4O)[C@@H]3O)[C@H](O)[C@H]2NC(C)=O)[C@@H](CO)O[C@@H]1O. The second kappa shape index (κ2) is 22.0. The predicted molar refractivity (Wildman–Crippen MR) is 190 cm³/mol. The van der Waals surface area contributed by atoms with E-state index in [1.165, 1.54) is 0 Å². The van der Waals surface area contributed by atoms with Gasteiger partial charge in [0.1, 0.15) is 122 Å². The fourth-order valence-electron chi connectivity index (χ4n) is 7.73. The molecule has 5 rings (SSSR count). The van der Waals surface area contributed by atoms with Crippen LogP contribution in [0.5, 0.6) is 0 Å². The number of nitrogens with one attached hydrogen (secondary N) is 2. The van der Waals surface area contributed by atoms with E-state index in [2.05, 4.69) is 10.6 Å². The van der Waals surface area contributed by atoms with Crippen molar-refractivity contribution in [2.75, 3.05) is 33.0 Å². The number of hydrogen-bond donors (Lipinski definition) is 17. The van der Waals surface area contributed by atoms with Crippen LogP contribution in [0.25, 0.3) is 0 Å². The van der Waals surface area contributed by atoms with Crippen molar-refractivity contribution in [1.29, 1.82) is 0 Å². The minimum absolute atomic E-state index is 0.693. The van der Waals surface area contributed by atoms with Crippen molar-refractivity contribution < 1.29 is 129 Å². The molecule has 0 aromatic carbocycles. The van der Waals surface area contributed by atoms with Crippen LogP contribution in [0.3, 0.4) is 0 Å². The molecule has 0 radical (unpaired) electrons. The zero-order valence-electron chi connectivity index (χ0n) is 33.2. The van der Waals surface area contributed by atoms with Crippen LogP contribution in [0.1, 0.15) is 13.8 Å². The second-order valence-corrected chi connectivity index (χ2v) is 15.5. The van der Waals surface area contributed by atoms with Gasteiger partial charge in [-0.25, -0.2) is 0 Å². The summed E-state index contributed by atoms with van der Waals surface area (Å²) in [6.45, 7) is -2.31. The van der Waals surface area contributed by atoms with E-state index >= 15 is 0 Å². The van der Waals surface area contributed by atoms with Crippen LogP contribution >= 0.6 is 0 Å². The summed E-state index contributed by atoms with van der Waals surface area (Å²) in [6, 6.07) is -3.19. The summed E-state index contributed by atoms with van der Waals surface area (Å²) >= 11 is 0. The van der Waals surface area contributed by atoms with Crippen LogP contribution < -0.4 is 10.6 Å². The molecule has 28 heteroatoms. The quantitative estimate of drug-likeness (QED) is 0.0725. The Labute approximate surface area is 351 Å². The van der Waals surface area contributed by atoms with E-state index in [9.17, 15) is 86.2 Å². The monoisotopic (exact) mass is 910 g/mol. The first-order valence-corrected chi connectivity index (χ1v) is 19.6. The lowest BCUT2D eigenvalue weighted by atomic mass is 9.94. The molecule has 0 saturated carbocycles. The van der Waals surface area contributed by atoms with Crippen molar-refractivity contribution in [3.05, 3.63) is 0 Å². The van der Waals surface area contributed by atoms with Gasteiger partial charge in [-0.05, 0) is 0 Å². The molecule has 0 aliphatic carbocycles. The number of rotatable bonds is 15. The van der Waals surface area contributed by atoms with E-state index in [1.807, 2.05) is 0 Å². The Balaban J connectivity index is 1.41. The molecule has 25 atom stereocenters. The Morgan fingerprint density at radius 1 is 0.419 bits per heavy atom. The van der Waals surface area contributed by atoms with Crippen LogP contribution in [0, 0.1) is 0 Å². The fraction of sp³-hybridized carbons (Fsp3) is 0.941. The summed E-state index contributed by atoms with van der Waals surface area (Å²) in [5.41, 5.74) is 0. The molecular formula is C34H58N2O26. The number of amides is 2. The molecule has 2 amide bonds. The summed E-state index contributed by atoms with van der Waals surface area (Å²) in [6.07, 6.45) is -42.3. The Bertz CT molecular complexity index is 1440. The van der Waals surface area contributed by atoms with Gasteiger partial charge in [-0.3, -0.25) is 9.59 Å². The number of ether oxygens (including phenoxy) is 9. The van der Waals surface area contributed by atoms with E-state index in [-0.39, 0.29) is 0 Å². The van der Waals surface area contributed by atoms with Gasteiger partial charge in [0.2, 0.25) is 11.8 Å². The van der Waals surface area contributed by atoms with E-state index in [4.69, 9.17) is 42.6 Å². The second-order valence-electron chi connectivity index (χ2n) is 15.5. The van der Waals surface area contributed by atoms with E-state index < -0.39 is 198 Å². The first-order valence-electron chi connectivity index (χ1n) is 19.6. The maximum absolute atomic E-state index is 12.4. The van der Waals surface area contributed by atoms with Gasteiger partial charge in [-0.1, -0.05) is 0 Å². The molecule has 17 N–H and O–H groups in total. The molecular weight excluding hydrogens is 852 g/mol. The summed E-state index contributed by atoms with van der Waals surface area (Å²) in [5.74, 6) is -1.49. The molecule has 5 aliphatic rings. The Hall–Kier alpha value is -2.02. The van der Waals surface area contributed by atoms with Crippen molar-refractivity contribution in [3.8, 4) is 0 Å². The normalized spacial score (nSPS) is 49.0. The maximum atomic E-state index is 12.4. The number of carbonyl (C=O) groups excluding carboxylic acids is 2. The van der Waals surface area contributed by atoms with Gasteiger partial charge in [-0.15, -0.1) is 0 Å². The first kappa shape index (κ1) is 51.0. The number of hydrogen-bond acceptors (Lipinski definition) is 26. The summed E-state index contributed by atoms with van der Waals surface area (Å²) in [4.78, 5) is 24.2. The highest BCUT2D eigenvalue weighted by Crippen LogP contribution is 2.35. The number of carbonyl (C=O) groups is 2.